The van der Waals surface area contributed by atoms with Gasteiger partial charge < -0.3 is 20.1 Å². The van der Waals surface area contributed by atoms with Crippen molar-refractivity contribution in [3.8, 4) is 0 Å². The van der Waals surface area contributed by atoms with Crippen molar-refractivity contribution in [3.63, 3.8) is 0 Å². The van der Waals surface area contributed by atoms with Crippen LogP contribution in [0.1, 0.15) is 59.0 Å². The summed E-state index contributed by atoms with van der Waals surface area (Å²) in [6.45, 7) is 5.72. The molecule has 1 N–H and O–H groups in total. The van der Waals surface area contributed by atoms with Gasteiger partial charge in [-0.2, -0.15) is 0 Å². The highest BCUT2D eigenvalue weighted by atomic mass is 16.4. The SMILES string of the molecule is CCc1cc(NC(=O)c2ccc3c(c2)CCC(C)(C)C(=O)N3C)ccc1C(=O)[O-]. The first-order valence-corrected chi connectivity index (χ1v) is 9.70. The van der Waals surface area contributed by atoms with Crippen LogP contribution in [0.25, 0.3) is 0 Å². The summed E-state index contributed by atoms with van der Waals surface area (Å²) in [4.78, 5) is 38.2. The fourth-order valence-corrected chi connectivity index (χ4v) is 3.74. The zero-order valence-corrected chi connectivity index (χ0v) is 17.2. The van der Waals surface area contributed by atoms with E-state index in [1.54, 1.807) is 36.2 Å². The number of hydrogen-bond acceptors (Lipinski definition) is 4. The summed E-state index contributed by atoms with van der Waals surface area (Å²) in [5.74, 6) is -1.45. The van der Waals surface area contributed by atoms with E-state index in [1.807, 2.05) is 26.8 Å². The molecule has 152 valence electrons. The third kappa shape index (κ3) is 4.01. The van der Waals surface area contributed by atoms with Crippen molar-refractivity contribution in [2.24, 2.45) is 5.41 Å². The van der Waals surface area contributed by atoms with E-state index in [0.717, 1.165) is 11.3 Å². The van der Waals surface area contributed by atoms with Gasteiger partial charge in [0, 0.05) is 35.0 Å². The number of carboxylic acid groups (broad SMARTS) is 1. The summed E-state index contributed by atoms with van der Waals surface area (Å²) < 4.78 is 0. The number of aromatic carboxylic acids is 1. The maximum absolute atomic E-state index is 12.8. The van der Waals surface area contributed by atoms with Crippen LogP contribution in [0.5, 0.6) is 0 Å². The number of rotatable bonds is 4. The Balaban J connectivity index is 1.86. The van der Waals surface area contributed by atoms with E-state index in [2.05, 4.69) is 5.32 Å². The molecule has 0 saturated carbocycles. The second-order valence-electron chi connectivity index (χ2n) is 8.06. The molecule has 0 radical (unpaired) electrons. The second kappa shape index (κ2) is 7.70. The number of nitrogens with one attached hydrogen (secondary N) is 1. The number of carbonyl (C=O) groups is 3. The van der Waals surface area contributed by atoms with Gasteiger partial charge in [-0.05, 0) is 60.7 Å². The molecule has 0 bridgehead atoms. The molecule has 0 saturated heterocycles. The van der Waals surface area contributed by atoms with Crippen LogP contribution in [0.4, 0.5) is 11.4 Å². The molecule has 0 atom stereocenters. The molecule has 1 aliphatic heterocycles. The van der Waals surface area contributed by atoms with Crippen LogP contribution < -0.4 is 15.3 Å². The molecule has 2 aromatic carbocycles. The van der Waals surface area contributed by atoms with Gasteiger partial charge in [0.25, 0.3) is 5.91 Å². The smallest absolute Gasteiger partial charge is 0.255 e. The summed E-state index contributed by atoms with van der Waals surface area (Å²) in [6, 6.07) is 9.99. The third-order valence-corrected chi connectivity index (χ3v) is 5.57. The summed E-state index contributed by atoms with van der Waals surface area (Å²) in [6.07, 6.45) is 1.93. The van der Waals surface area contributed by atoms with Gasteiger partial charge in [-0.3, -0.25) is 9.59 Å². The van der Waals surface area contributed by atoms with Crippen molar-refractivity contribution < 1.29 is 19.5 Å². The fraction of sp³-hybridized carbons (Fsp3) is 0.348. The number of aryl methyl sites for hydroxylation is 2. The summed E-state index contributed by atoms with van der Waals surface area (Å²) in [7, 11) is 1.76. The van der Waals surface area contributed by atoms with Gasteiger partial charge in [-0.1, -0.05) is 26.8 Å². The van der Waals surface area contributed by atoms with E-state index >= 15 is 0 Å². The van der Waals surface area contributed by atoms with Crippen molar-refractivity contribution in [1.82, 2.24) is 0 Å². The molecule has 0 unspecified atom stereocenters. The average Bonchev–Trinajstić information content (AvgIpc) is 2.77. The maximum atomic E-state index is 12.8. The average molecular weight is 393 g/mol. The Bertz CT molecular complexity index is 994. The number of amides is 2. The molecule has 6 heteroatoms. The largest absolute Gasteiger partial charge is 0.545 e. The first-order chi connectivity index (χ1) is 13.6. The minimum atomic E-state index is -1.23. The molecule has 2 aromatic rings. The molecule has 0 fully saturated rings. The molecule has 0 aliphatic carbocycles. The van der Waals surface area contributed by atoms with Crippen LogP contribution in [-0.2, 0) is 17.6 Å². The molecule has 3 rings (SSSR count). The number of carbonyl (C=O) groups excluding carboxylic acids is 3. The predicted molar refractivity (Wildman–Crippen MR) is 110 cm³/mol. The number of benzene rings is 2. The zero-order valence-electron chi connectivity index (χ0n) is 17.2. The monoisotopic (exact) mass is 393 g/mol. The van der Waals surface area contributed by atoms with Crippen molar-refractivity contribution >= 4 is 29.2 Å². The van der Waals surface area contributed by atoms with Gasteiger partial charge >= 0.3 is 0 Å². The zero-order chi connectivity index (χ0) is 21.3. The minimum absolute atomic E-state index is 0.0635. The van der Waals surface area contributed by atoms with Gasteiger partial charge in [-0.15, -0.1) is 0 Å². The minimum Gasteiger partial charge on any atom is -0.545 e. The Morgan fingerprint density at radius 3 is 2.55 bits per heavy atom. The second-order valence-corrected chi connectivity index (χ2v) is 8.06. The normalized spacial score (nSPS) is 15.4. The van der Waals surface area contributed by atoms with Gasteiger partial charge in [0.15, 0.2) is 0 Å². The lowest BCUT2D eigenvalue weighted by molar-refractivity contribution is -0.255. The Hall–Kier alpha value is -3.15. The number of fused-ring (bicyclic) bond motifs is 1. The standard InChI is InChI=1S/C23H26N2O4/c1-5-14-13-17(7-8-18(14)21(27)28)24-20(26)16-6-9-19-15(12-16)10-11-23(2,3)22(29)25(19)4/h6-9,12-13H,5,10-11H2,1-4H3,(H,24,26)(H,27,28)/p-1. The Morgan fingerprint density at radius 1 is 1.17 bits per heavy atom. The summed E-state index contributed by atoms with van der Waals surface area (Å²) in [5.41, 5.74) is 3.09. The Labute approximate surface area is 170 Å². The number of anilines is 2. The quantitative estimate of drug-likeness (QED) is 0.865. The predicted octanol–water partition coefficient (Wildman–Crippen LogP) is 2.80. The van der Waals surface area contributed by atoms with Gasteiger partial charge in [0.2, 0.25) is 5.91 Å². The van der Waals surface area contributed by atoms with Crippen LogP contribution in [0.2, 0.25) is 0 Å². The summed E-state index contributed by atoms with van der Waals surface area (Å²) in [5, 5.41) is 14.0. The van der Waals surface area contributed by atoms with Crippen LogP contribution in [-0.4, -0.2) is 24.8 Å². The van der Waals surface area contributed by atoms with E-state index in [-0.39, 0.29) is 17.4 Å². The molecule has 1 heterocycles. The lowest BCUT2D eigenvalue weighted by atomic mass is 9.86. The van der Waals surface area contributed by atoms with Gasteiger partial charge in [0.05, 0.1) is 5.97 Å². The Kier molecular flexibility index (Phi) is 5.46. The van der Waals surface area contributed by atoms with Crippen LogP contribution in [0.15, 0.2) is 36.4 Å². The highest BCUT2D eigenvalue weighted by Crippen LogP contribution is 2.35. The molecular weight excluding hydrogens is 368 g/mol. The lowest BCUT2D eigenvalue weighted by Gasteiger charge is -2.26. The van der Waals surface area contributed by atoms with E-state index in [1.165, 1.54) is 6.07 Å². The van der Waals surface area contributed by atoms with Crippen molar-refractivity contribution in [3.05, 3.63) is 58.7 Å². The molecule has 29 heavy (non-hydrogen) atoms. The van der Waals surface area contributed by atoms with E-state index in [0.29, 0.717) is 36.1 Å². The van der Waals surface area contributed by atoms with Crippen LogP contribution in [0.3, 0.4) is 0 Å². The van der Waals surface area contributed by atoms with E-state index < -0.39 is 11.4 Å². The van der Waals surface area contributed by atoms with Crippen molar-refractivity contribution in [2.75, 3.05) is 17.3 Å². The topological polar surface area (TPSA) is 89.5 Å². The lowest BCUT2D eigenvalue weighted by Crippen LogP contribution is -2.37. The highest BCUT2D eigenvalue weighted by Gasteiger charge is 2.34. The Morgan fingerprint density at radius 2 is 1.90 bits per heavy atom. The highest BCUT2D eigenvalue weighted by molar-refractivity contribution is 6.05. The number of hydrogen-bond donors (Lipinski definition) is 1. The molecule has 1 aliphatic rings. The fourth-order valence-electron chi connectivity index (χ4n) is 3.74. The van der Waals surface area contributed by atoms with Gasteiger partial charge in [0.1, 0.15) is 0 Å². The first-order valence-electron chi connectivity index (χ1n) is 9.70. The van der Waals surface area contributed by atoms with Gasteiger partial charge in [-0.25, -0.2) is 0 Å². The molecule has 0 spiro atoms. The van der Waals surface area contributed by atoms with Crippen LogP contribution >= 0.6 is 0 Å². The summed E-state index contributed by atoms with van der Waals surface area (Å²) >= 11 is 0. The first kappa shape index (κ1) is 20.6. The molecule has 0 aromatic heterocycles. The van der Waals surface area contributed by atoms with E-state index in [4.69, 9.17) is 0 Å². The van der Waals surface area contributed by atoms with Crippen molar-refractivity contribution in [1.29, 1.82) is 0 Å². The molecular formula is C23H25N2O4-. The third-order valence-electron chi connectivity index (χ3n) is 5.57. The molecule has 2 amide bonds. The van der Waals surface area contributed by atoms with Crippen LogP contribution in [0, 0.1) is 5.41 Å². The number of carboxylic acids is 1. The number of nitrogens with zero attached hydrogens (tertiary/aromatic N) is 1. The van der Waals surface area contributed by atoms with E-state index in [9.17, 15) is 19.5 Å². The molecule has 6 nitrogen and oxygen atoms in total. The maximum Gasteiger partial charge on any atom is 0.255 e. The van der Waals surface area contributed by atoms with Crippen molar-refractivity contribution in [2.45, 2.75) is 40.0 Å².